The second-order valence-corrected chi connectivity index (χ2v) is 6.97. The number of H-pyrrole nitrogens is 1. The van der Waals surface area contributed by atoms with Crippen LogP contribution in [-0.4, -0.2) is 28.7 Å². The second-order valence-electron chi connectivity index (χ2n) is 6.09. The van der Waals surface area contributed by atoms with Gasteiger partial charge in [-0.2, -0.15) is 5.10 Å². The predicted molar refractivity (Wildman–Crippen MR) is 114 cm³/mol. The van der Waals surface area contributed by atoms with E-state index < -0.39 is 0 Å². The number of nitrogens with one attached hydrogen (secondary N) is 2. The van der Waals surface area contributed by atoms with Crippen LogP contribution in [0.5, 0.6) is 0 Å². The standard InChI is InChI=1S/C20H21N5OS/c1-12(24-25-13(2)21)14-4-7-16(8-5-14)22-20(26)19-10-15-6-9-17(27-3)11-18(15)23-19/h4-11,23H,1-3H3,(H2,21,25)(H,22,26)/b24-12+. The summed E-state index contributed by atoms with van der Waals surface area (Å²) in [7, 11) is 0. The van der Waals surface area contributed by atoms with Crippen LogP contribution < -0.4 is 11.1 Å². The largest absolute Gasteiger partial charge is 0.386 e. The molecule has 0 fully saturated rings. The van der Waals surface area contributed by atoms with Gasteiger partial charge in [-0.15, -0.1) is 16.9 Å². The number of hydrogen-bond acceptors (Lipinski definition) is 4. The molecule has 0 saturated carbocycles. The van der Waals surface area contributed by atoms with E-state index in [1.54, 1.807) is 18.7 Å². The van der Waals surface area contributed by atoms with E-state index in [-0.39, 0.29) is 5.91 Å². The van der Waals surface area contributed by atoms with Crippen molar-refractivity contribution in [2.75, 3.05) is 11.6 Å². The maximum atomic E-state index is 12.5. The Morgan fingerprint density at radius 2 is 1.81 bits per heavy atom. The zero-order valence-corrected chi connectivity index (χ0v) is 16.2. The molecule has 6 nitrogen and oxygen atoms in total. The molecule has 3 rings (SSSR count). The van der Waals surface area contributed by atoms with Crippen LogP contribution >= 0.6 is 11.8 Å². The Kier molecular flexibility index (Phi) is 5.61. The molecular weight excluding hydrogens is 358 g/mol. The maximum absolute atomic E-state index is 12.5. The minimum atomic E-state index is -0.182. The van der Waals surface area contributed by atoms with E-state index >= 15 is 0 Å². The summed E-state index contributed by atoms with van der Waals surface area (Å²) in [5, 5.41) is 11.8. The Balaban J connectivity index is 1.74. The number of carbonyl (C=O) groups is 1. The van der Waals surface area contributed by atoms with E-state index in [1.165, 1.54) is 0 Å². The van der Waals surface area contributed by atoms with Crippen LogP contribution in [-0.2, 0) is 0 Å². The lowest BCUT2D eigenvalue weighted by Gasteiger charge is -2.05. The van der Waals surface area contributed by atoms with E-state index in [1.807, 2.05) is 61.7 Å². The van der Waals surface area contributed by atoms with E-state index in [4.69, 9.17) is 5.73 Å². The van der Waals surface area contributed by atoms with Gasteiger partial charge >= 0.3 is 0 Å². The summed E-state index contributed by atoms with van der Waals surface area (Å²) in [6.07, 6.45) is 2.03. The lowest BCUT2D eigenvalue weighted by atomic mass is 10.1. The SMILES string of the molecule is CSc1ccc2cc(C(=O)Nc3ccc(/C(C)=N/N=C(/C)N)cc3)[nH]c2c1. The third-order valence-corrected chi connectivity index (χ3v) is 4.72. The number of nitrogens with zero attached hydrogens (tertiary/aromatic N) is 2. The van der Waals surface area contributed by atoms with Crippen LogP contribution in [0.3, 0.4) is 0 Å². The average molecular weight is 379 g/mol. The van der Waals surface area contributed by atoms with Gasteiger partial charge in [-0.25, -0.2) is 0 Å². The number of thioether (sulfide) groups is 1. The fraction of sp³-hybridized carbons (Fsp3) is 0.150. The van der Waals surface area contributed by atoms with Gasteiger partial charge in [-0.05, 0) is 56.0 Å². The van der Waals surface area contributed by atoms with Gasteiger partial charge in [0.25, 0.3) is 5.91 Å². The maximum Gasteiger partial charge on any atom is 0.272 e. The molecule has 27 heavy (non-hydrogen) atoms. The molecule has 0 unspecified atom stereocenters. The lowest BCUT2D eigenvalue weighted by Crippen LogP contribution is -2.12. The number of nitrogens with two attached hydrogens (primary N) is 1. The summed E-state index contributed by atoms with van der Waals surface area (Å²) in [4.78, 5) is 16.9. The number of anilines is 1. The van der Waals surface area contributed by atoms with Crippen molar-refractivity contribution in [3.8, 4) is 0 Å². The molecule has 0 aliphatic heterocycles. The molecule has 0 aliphatic carbocycles. The second kappa shape index (κ2) is 8.09. The zero-order chi connectivity index (χ0) is 19.4. The van der Waals surface area contributed by atoms with Crippen molar-refractivity contribution in [1.82, 2.24) is 4.98 Å². The van der Waals surface area contributed by atoms with Crippen LogP contribution in [0.25, 0.3) is 10.9 Å². The number of hydrogen-bond donors (Lipinski definition) is 3. The van der Waals surface area contributed by atoms with Crippen molar-refractivity contribution in [1.29, 1.82) is 0 Å². The van der Waals surface area contributed by atoms with E-state index in [0.717, 1.165) is 27.1 Å². The van der Waals surface area contributed by atoms with Crippen molar-refractivity contribution in [2.45, 2.75) is 18.7 Å². The molecule has 0 radical (unpaired) electrons. The first-order valence-corrected chi connectivity index (χ1v) is 9.61. The molecule has 1 amide bonds. The highest BCUT2D eigenvalue weighted by Crippen LogP contribution is 2.23. The number of benzene rings is 2. The minimum absolute atomic E-state index is 0.182. The molecule has 1 aromatic heterocycles. The molecule has 0 atom stereocenters. The molecule has 0 bridgehead atoms. The van der Waals surface area contributed by atoms with Gasteiger partial charge in [-0.1, -0.05) is 18.2 Å². The Morgan fingerprint density at radius 3 is 2.48 bits per heavy atom. The third kappa shape index (κ3) is 4.57. The van der Waals surface area contributed by atoms with Crippen molar-refractivity contribution in [3.63, 3.8) is 0 Å². The van der Waals surface area contributed by atoms with E-state index in [9.17, 15) is 4.79 Å². The van der Waals surface area contributed by atoms with Gasteiger partial charge in [-0.3, -0.25) is 4.79 Å². The molecule has 4 N–H and O–H groups in total. The number of rotatable bonds is 5. The van der Waals surface area contributed by atoms with Gasteiger partial charge in [0.2, 0.25) is 0 Å². The fourth-order valence-corrected chi connectivity index (χ4v) is 3.00. The van der Waals surface area contributed by atoms with E-state index in [0.29, 0.717) is 17.2 Å². The minimum Gasteiger partial charge on any atom is -0.386 e. The van der Waals surface area contributed by atoms with Crippen molar-refractivity contribution in [2.24, 2.45) is 15.9 Å². The summed E-state index contributed by atoms with van der Waals surface area (Å²) >= 11 is 1.67. The summed E-state index contributed by atoms with van der Waals surface area (Å²) in [6, 6.07) is 15.4. The number of amides is 1. The first kappa shape index (κ1) is 18.7. The number of aromatic amines is 1. The lowest BCUT2D eigenvalue weighted by molar-refractivity contribution is 0.102. The van der Waals surface area contributed by atoms with Crippen molar-refractivity contribution in [3.05, 3.63) is 59.8 Å². The molecule has 7 heteroatoms. The number of aromatic nitrogens is 1. The summed E-state index contributed by atoms with van der Waals surface area (Å²) < 4.78 is 0. The van der Waals surface area contributed by atoms with Gasteiger partial charge in [0.15, 0.2) is 0 Å². The monoisotopic (exact) mass is 379 g/mol. The highest BCUT2D eigenvalue weighted by molar-refractivity contribution is 7.98. The first-order chi connectivity index (χ1) is 13.0. The normalized spacial score (nSPS) is 12.4. The van der Waals surface area contributed by atoms with Crippen LogP contribution in [0.2, 0.25) is 0 Å². The van der Waals surface area contributed by atoms with Gasteiger partial charge < -0.3 is 16.0 Å². The number of carbonyl (C=O) groups excluding carboxylic acids is 1. The number of fused-ring (bicyclic) bond motifs is 1. The Labute approximate surface area is 162 Å². The van der Waals surface area contributed by atoms with Gasteiger partial charge in [0.05, 0.1) is 5.71 Å². The zero-order valence-electron chi connectivity index (χ0n) is 15.4. The average Bonchev–Trinajstić information content (AvgIpc) is 3.10. The highest BCUT2D eigenvalue weighted by Gasteiger charge is 2.10. The predicted octanol–water partition coefficient (Wildman–Crippen LogP) is 4.24. The third-order valence-electron chi connectivity index (χ3n) is 3.99. The van der Waals surface area contributed by atoms with Gasteiger partial charge in [0.1, 0.15) is 11.5 Å². The van der Waals surface area contributed by atoms with E-state index in [2.05, 4.69) is 20.5 Å². The molecule has 1 heterocycles. The molecule has 2 aromatic carbocycles. The molecule has 138 valence electrons. The summed E-state index contributed by atoms with van der Waals surface area (Å²) in [6.45, 7) is 3.54. The first-order valence-electron chi connectivity index (χ1n) is 8.39. The Bertz CT molecular complexity index is 1030. The smallest absolute Gasteiger partial charge is 0.272 e. The fourth-order valence-electron chi connectivity index (χ4n) is 2.56. The quantitative estimate of drug-likeness (QED) is 0.268. The molecule has 3 aromatic rings. The van der Waals surface area contributed by atoms with Crippen molar-refractivity contribution < 1.29 is 4.79 Å². The molecule has 0 saturated heterocycles. The summed E-state index contributed by atoms with van der Waals surface area (Å²) in [5.41, 5.74) is 9.33. The Hall–Kier alpha value is -3.06. The van der Waals surface area contributed by atoms with Crippen LogP contribution in [0.15, 0.2) is 63.6 Å². The topological polar surface area (TPSA) is 95.6 Å². The summed E-state index contributed by atoms with van der Waals surface area (Å²) in [5.74, 6) is 0.222. The van der Waals surface area contributed by atoms with Crippen LogP contribution in [0.1, 0.15) is 29.9 Å². The highest BCUT2D eigenvalue weighted by atomic mass is 32.2. The number of amidine groups is 1. The molecule has 0 aliphatic rings. The van der Waals surface area contributed by atoms with Gasteiger partial charge in [0, 0.05) is 21.5 Å². The van der Waals surface area contributed by atoms with Crippen LogP contribution in [0.4, 0.5) is 5.69 Å². The van der Waals surface area contributed by atoms with Crippen LogP contribution in [0, 0.1) is 0 Å². The molecule has 0 spiro atoms. The Morgan fingerprint density at radius 1 is 1.07 bits per heavy atom. The van der Waals surface area contributed by atoms with Crippen molar-refractivity contribution >= 4 is 45.8 Å². The molecular formula is C20H21N5OS.